The fourth-order valence-electron chi connectivity index (χ4n) is 1.96. The molecule has 0 unspecified atom stereocenters. The van der Waals surface area contributed by atoms with Gasteiger partial charge in [0.15, 0.2) is 0 Å². The summed E-state index contributed by atoms with van der Waals surface area (Å²) in [5, 5.41) is 0. The zero-order valence-corrected chi connectivity index (χ0v) is 14.3. The van der Waals surface area contributed by atoms with E-state index in [0.29, 0.717) is 4.90 Å². The number of rotatable bonds is 3. The Balaban J connectivity index is 2.28. The van der Waals surface area contributed by atoms with Crippen molar-refractivity contribution in [3.05, 3.63) is 48.0 Å². The van der Waals surface area contributed by atoms with Crippen LogP contribution in [-0.4, -0.2) is 13.0 Å². The molecule has 0 saturated carbocycles. The normalized spacial score (nSPS) is 12.4. The lowest BCUT2D eigenvalue weighted by Crippen LogP contribution is -2.10. The zero-order valence-electron chi connectivity index (χ0n) is 12.7. The molecule has 2 rings (SSSR count). The van der Waals surface area contributed by atoms with Gasteiger partial charge in [0.05, 0.1) is 5.69 Å². The van der Waals surface area contributed by atoms with Crippen LogP contribution in [0.5, 0.6) is 0 Å². The van der Waals surface area contributed by atoms with Gasteiger partial charge in [0.1, 0.15) is 4.90 Å². The number of nitrogen functional groups attached to an aromatic ring is 1. The van der Waals surface area contributed by atoms with Crippen LogP contribution in [0.2, 0.25) is 0 Å². The topological polar surface area (TPSA) is 80.4 Å². The highest BCUT2D eigenvalue weighted by Crippen LogP contribution is 2.32. The molecule has 0 aromatic heterocycles. The molecule has 4 nitrogen and oxygen atoms in total. The van der Waals surface area contributed by atoms with E-state index >= 15 is 0 Å². The average molecular weight is 337 g/mol. The number of nitrogens with two attached hydrogens (primary N) is 1. The molecular formula is C16H19NO3S2. The first-order valence-electron chi connectivity index (χ1n) is 6.73. The van der Waals surface area contributed by atoms with E-state index in [9.17, 15) is 8.42 Å². The van der Waals surface area contributed by atoms with Gasteiger partial charge >= 0.3 is 0 Å². The van der Waals surface area contributed by atoms with Gasteiger partial charge in [-0.15, -0.1) is 0 Å². The summed E-state index contributed by atoms with van der Waals surface area (Å²) in [4.78, 5) is 1.42. The van der Waals surface area contributed by atoms with Gasteiger partial charge < -0.3 is 5.73 Å². The van der Waals surface area contributed by atoms with Crippen molar-refractivity contribution in [2.75, 3.05) is 5.73 Å². The Hall–Kier alpha value is -1.50. The molecule has 0 spiro atoms. The minimum absolute atomic E-state index is 0.0370. The smallest absolute Gasteiger partial charge is 0.296 e. The Morgan fingerprint density at radius 3 is 2.05 bits per heavy atom. The van der Waals surface area contributed by atoms with E-state index in [4.69, 9.17) is 10.3 Å². The maximum Gasteiger partial charge on any atom is 0.296 e. The summed E-state index contributed by atoms with van der Waals surface area (Å²) in [5.41, 5.74) is 6.94. The molecule has 2 aromatic rings. The van der Waals surface area contributed by atoms with Crippen molar-refractivity contribution in [1.82, 2.24) is 0 Å². The molecule has 0 aliphatic rings. The second kappa shape index (κ2) is 5.95. The summed E-state index contributed by atoms with van der Waals surface area (Å²) in [7, 11) is -4.31. The highest BCUT2D eigenvalue weighted by Gasteiger charge is 2.16. The van der Waals surface area contributed by atoms with Crippen LogP contribution in [0.25, 0.3) is 0 Å². The van der Waals surface area contributed by atoms with Crippen LogP contribution in [0.15, 0.2) is 57.2 Å². The largest absolute Gasteiger partial charge is 0.398 e. The molecule has 2 aromatic carbocycles. The molecule has 0 heterocycles. The van der Waals surface area contributed by atoms with Gasteiger partial charge in [-0.05, 0) is 41.3 Å². The van der Waals surface area contributed by atoms with Crippen molar-refractivity contribution in [1.29, 1.82) is 0 Å². The molecule has 3 N–H and O–H groups in total. The second-order valence-electron chi connectivity index (χ2n) is 6.05. The molecule has 0 saturated heterocycles. The van der Waals surface area contributed by atoms with E-state index in [0.717, 1.165) is 4.90 Å². The predicted molar refractivity (Wildman–Crippen MR) is 89.9 cm³/mol. The molecule has 0 aliphatic carbocycles. The summed E-state index contributed by atoms with van der Waals surface area (Å²) < 4.78 is 31.7. The second-order valence-corrected chi connectivity index (χ2v) is 8.59. The van der Waals surface area contributed by atoms with Crippen LogP contribution in [-0.2, 0) is 15.5 Å². The van der Waals surface area contributed by atoms with Crippen LogP contribution in [0.1, 0.15) is 26.3 Å². The first kappa shape index (κ1) is 16.9. The standard InChI is InChI=1S/C16H19NO3S2/c1-16(2,3)11-4-6-12(7-5-11)21-13-8-9-14(17)15(10-13)22(18,19)20/h4-10H,17H2,1-3H3,(H,18,19,20). The van der Waals surface area contributed by atoms with Crippen molar-refractivity contribution in [2.45, 2.75) is 40.9 Å². The monoisotopic (exact) mass is 337 g/mol. The molecule has 6 heteroatoms. The molecule has 118 valence electrons. The summed E-state index contributed by atoms with van der Waals surface area (Å²) >= 11 is 1.41. The summed E-state index contributed by atoms with van der Waals surface area (Å²) in [6.07, 6.45) is 0. The van der Waals surface area contributed by atoms with Gasteiger partial charge in [0.25, 0.3) is 10.1 Å². The zero-order chi connectivity index (χ0) is 16.5. The Morgan fingerprint density at radius 1 is 1.00 bits per heavy atom. The molecule has 0 radical (unpaired) electrons. The first-order chi connectivity index (χ1) is 10.1. The summed E-state index contributed by atoms with van der Waals surface area (Å²) in [6, 6.07) is 12.7. The summed E-state index contributed by atoms with van der Waals surface area (Å²) in [5.74, 6) is 0. The minimum atomic E-state index is -4.31. The molecule has 0 aliphatic heterocycles. The van der Waals surface area contributed by atoms with Crippen LogP contribution < -0.4 is 5.73 Å². The van der Waals surface area contributed by atoms with Gasteiger partial charge in [-0.2, -0.15) is 8.42 Å². The number of benzene rings is 2. The highest BCUT2D eigenvalue weighted by atomic mass is 32.2. The van der Waals surface area contributed by atoms with Crippen molar-refractivity contribution in [3.63, 3.8) is 0 Å². The highest BCUT2D eigenvalue weighted by molar-refractivity contribution is 7.99. The summed E-state index contributed by atoms with van der Waals surface area (Å²) in [6.45, 7) is 6.44. The van der Waals surface area contributed by atoms with Gasteiger partial charge in [-0.3, -0.25) is 4.55 Å². The molecule has 22 heavy (non-hydrogen) atoms. The van der Waals surface area contributed by atoms with Crippen LogP contribution in [0.3, 0.4) is 0 Å². The lowest BCUT2D eigenvalue weighted by Gasteiger charge is -2.19. The van der Waals surface area contributed by atoms with Gasteiger partial charge in [0, 0.05) is 9.79 Å². The predicted octanol–water partition coefficient (Wildman–Crippen LogP) is 3.96. The quantitative estimate of drug-likeness (QED) is 0.654. The SMILES string of the molecule is CC(C)(C)c1ccc(Sc2ccc(N)c(S(=O)(=O)O)c2)cc1. The Labute approximate surface area is 135 Å². The van der Waals surface area contributed by atoms with Crippen molar-refractivity contribution in [3.8, 4) is 0 Å². The maximum absolute atomic E-state index is 11.3. The minimum Gasteiger partial charge on any atom is -0.398 e. The van der Waals surface area contributed by atoms with Crippen LogP contribution >= 0.6 is 11.8 Å². The van der Waals surface area contributed by atoms with E-state index in [2.05, 4.69) is 32.9 Å². The van der Waals surface area contributed by atoms with Gasteiger partial charge in [-0.25, -0.2) is 0 Å². The molecule has 0 amide bonds. The third-order valence-corrected chi connectivity index (χ3v) is 5.13. The lowest BCUT2D eigenvalue weighted by atomic mass is 9.87. The first-order valence-corrected chi connectivity index (χ1v) is 8.98. The van der Waals surface area contributed by atoms with Crippen LogP contribution in [0, 0.1) is 0 Å². The van der Waals surface area contributed by atoms with Crippen LogP contribution in [0.4, 0.5) is 5.69 Å². The number of hydrogen-bond donors (Lipinski definition) is 2. The van der Waals surface area contributed by atoms with Crippen molar-refractivity contribution >= 4 is 27.6 Å². The van der Waals surface area contributed by atoms with Crippen molar-refractivity contribution in [2.24, 2.45) is 0 Å². The van der Waals surface area contributed by atoms with E-state index in [-0.39, 0.29) is 16.0 Å². The maximum atomic E-state index is 11.3. The Kier molecular flexibility index (Phi) is 4.56. The molecule has 0 bridgehead atoms. The van der Waals surface area contributed by atoms with Gasteiger partial charge in [-0.1, -0.05) is 44.7 Å². The number of hydrogen-bond acceptors (Lipinski definition) is 4. The Bertz CT molecular complexity index is 776. The van der Waals surface area contributed by atoms with E-state index in [1.165, 1.54) is 29.5 Å². The average Bonchev–Trinajstić information content (AvgIpc) is 2.39. The van der Waals surface area contributed by atoms with E-state index in [1.54, 1.807) is 6.07 Å². The lowest BCUT2D eigenvalue weighted by molar-refractivity contribution is 0.483. The fraction of sp³-hybridized carbons (Fsp3) is 0.250. The number of anilines is 1. The van der Waals surface area contributed by atoms with E-state index in [1.807, 2.05) is 12.1 Å². The van der Waals surface area contributed by atoms with Gasteiger partial charge in [0.2, 0.25) is 0 Å². The molecule has 0 fully saturated rings. The Morgan fingerprint density at radius 2 is 1.55 bits per heavy atom. The third-order valence-electron chi connectivity index (χ3n) is 3.22. The molecular weight excluding hydrogens is 318 g/mol. The molecule has 0 atom stereocenters. The van der Waals surface area contributed by atoms with E-state index < -0.39 is 10.1 Å². The fourth-order valence-corrected chi connectivity index (χ4v) is 3.53. The van der Waals surface area contributed by atoms with Crippen molar-refractivity contribution < 1.29 is 13.0 Å². The third kappa shape index (κ3) is 4.03.